The van der Waals surface area contributed by atoms with Crippen LogP contribution in [0.25, 0.3) is 0 Å². The van der Waals surface area contributed by atoms with E-state index in [-0.39, 0.29) is 16.5 Å². The summed E-state index contributed by atoms with van der Waals surface area (Å²) in [6.45, 7) is 2.00. The summed E-state index contributed by atoms with van der Waals surface area (Å²) in [7, 11) is 0. The maximum atomic E-state index is 12.6. The fourth-order valence-corrected chi connectivity index (χ4v) is 6.06. The van der Waals surface area contributed by atoms with E-state index in [0.717, 1.165) is 44.5 Å². The number of nitro benzene ring substituents is 1. The third-order valence-electron chi connectivity index (χ3n) is 7.01. The van der Waals surface area contributed by atoms with Crippen LogP contribution in [-0.2, 0) is 11.2 Å². The van der Waals surface area contributed by atoms with E-state index < -0.39 is 0 Å². The van der Waals surface area contributed by atoms with Gasteiger partial charge in [-0.05, 0) is 73.9 Å². The van der Waals surface area contributed by atoms with E-state index in [2.05, 4.69) is 21.7 Å². The highest BCUT2D eigenvalue weighted by atomic mass is 32.1. The third kappa shape index (κ3) is 6.09. The van der Waals surface area contributed by atoms with Crippen molar-refractivity contribution in [1.29, 1.82) is 0 Å². The predicted molar refractivity (Wildman–Crippen MR) is 129 cm³/mol. The second kappa shape index (κ2) is 10.9. The minimum atomic E-state index is -0.346. The van der Waals surface area contributed by atoms with Crippen LogP contribution in [0.3, 0.4) is 0 Å². The molecule has 2 heterocycles. The van der Waals surface area contributed by atoms with Crippen LogP contribution in [0.5, 0.6) is 0 Å². The minimum Gasteiger partial charge on any atom is -0.371 e. The lowest BCUT2D eigenvalue weighted by Gasteiger charge is -2.39. The summed E-state index contributed by atoms with van der Waals surface area (Å²) in [5, 5.41) is 16.4. The Labute approximate surface area is 194 Å². The number of carbonyl (C=O) groups is 1. The molecule has 1 aromatic carbocycles. The Bertz CT molecular complexity index is 884. The van der Waals surface area contributed by atoms with Gasteiger partial charge in [0.05, 0.1) is 4.92 Å². The van der Waals surface area contributed by atoms with Gasteiger partial charge in [-0.3, -0.25) is 14.9 Å². The monoisotopic (exact) mass is 455 g/mol. The molecule has 3 atom stereocenters. The zero-order valence-corrected chi connectivity index (χ0v) is 19.4. The summed E-state index contributed by atoms with van der Waals surface area (Å²) in [6.07, 6.45) is 9.66. The molecule has 0 bridgehead atoms. The van der Waals surface area contributed by atoms with E-state index in [1.807, 2.05) is 18.2 Å². The number of piperidine rings is 1. The van der Waals surface area contributed by atoms with Gasteiger partial charge in [0.2, 0.25) is 5.91 Å². The highest BCUT2D eigenvalue weighted by molar-refractivity contribution is 7.09. The van der Waals surface area contributed by atoms with Gasteiger partial charge in [-0.15, -0.1) is 11.3 Å². The first kappa shape index (κ1) is 22.8. The van der Waals surface area contributed by atoms with Crippen LogP contribution in [0.1, 0.15) is 56.2 Å². The van der Waals surface area contributed by atoms with Crippen LogP contribution >= 0.6 is 11.3 Å². The van der Waals surface area contributed by atoms with Crippen molar-refractivity contribution in [3.63, 3.8) is 0 Å². The number of anilines is 1. The predicted octanol–water partition coefficient (Wildman–Crippen LogP) is 5.57. The van der Waals surface area contributed by atoms with Crippen LogP contribution in [0.2, 0.25) is 0 Å². The number of nitrogens with one attached hydrogen (secondary N) is 1. The average Bonchev–Trinajstić information content (AvgIpc) is 3.33. The smallest absolute Gasteiger partial charge is 0.269 e. The number of amides is 1. The van der Waals surface area contributed by atoms with Gasteiger partial charge in [-0.1, -0.05) is 18.9 Å². The quantitative estimate of drug-likeness (QED) is 0.417. The Morgan fingerprint density at radius 2 is 1.94 bits per heavy atom. The average molecular weight is 456 g/mol. The zero-order valence-electron chi connectivity index (χ0n) is 18.6. The van der Waals surface area contributed by atoms with Gasteiger partial charge in [0.15, 0.2) is 0 Å². The van der Waals surface area contributed by atoms with Crippen molar-refractivity contribution >= 4 is 28.6 Å². The summed E-state index contributed by atoms with van der Waals surface area (Å²) in [4.78, 5) is 26.8. The first-order valence-electron chi connectivity index (χ1n) is 11.9. The third-order valence-corrected chi connectivity index (χ3v) is 7.95. The molecule has 1 amide bonds. The van der Waals surface area contributed by atoms with Crippen LogP contribution in [0.4, 0.5) is 11.4 Å². The Morgan fingerprint density at radius 3 is 2.69 bits per heavy atom. The first-order valence-corrected chi connectivity index (χ1v) is 12.8. The molecule has 6 nitrogen and oxygen atoms in total. The van der Waals surface area contributed by atoms with Crippen molar-refractivity contribution in [1.82, 2.24) is 5.32 Å². The molecule has 1 aliphatic heterocycles. The van der Waals surface area contributed by atoms with Crippen LogP contribution < -0.4 is 10.2 Å². The largest absolute Gasteiger partial charge is 0.371 e. The molecule has 1 aromatic heterocycles. The van der Waals surface area contributed by atoms with Gasteiger partial charge in [0.1, 0.15) is 0 Å². The number of hydrogen-bond donors (Lipinski definition) is 1. The normalized spacial score (nSPS) is 23.6. The molecule has 1 saturated heterocycles. The zero-order chi connectivity index (χ0) is 22.3. The number of nitro groups is 1. The lowest BCUT2D eigenvalue weighted by Crippen LogP contribution is -2.44. The SMILES string of the molecule is O=C(CCc1cccs1)N[C@@H]1CCCC[C@H]1C[C@H]1CCCN(c2ccc([N+](=O)[O-])cc2)C1. The second-order valence-corrected chi connectivity index (χ2v) is 10.3. The van der Waals surface area contributed by atoms with E-state index in [1.54, 1.807) is 23.5 Å². The van der Waals surface area contributed by atoms with Gasteiger partial charge in [-0.2, -0.15) is 0 Å². The van der Waals surface area contributed by atoms with Gasteiger partial charge >= 0.3 is 0 Å². The van der Waals surface area contributed by atoms with E-state index in [0.29, 0.717) is 24.3 Å². The van der Waals surface area contributed by atoms with E-state index in [4.69, 9.17) is 0 Å². The molecular formula is C25H33N3O3S. The second-order valence-electron chi connectivity index (χ2n) is 9.26. The minimum absolute atomic E-state index is 0.141. The molecule has 1 aliphatic carbocycles. The van der Waals surface area contributed by atoms with E-state index in [9.17, 15) is 14.9 Å². The molecule has 32 heavy (non-hydrogen) atoms. The van der Waals surface area contributed by atoms with Crippen LogP contribution in [0.15, 0.2) is 41.8 Å². The Balaban J connectivity index is 1.30. The molecular weight excluding hydrogens is 422 g/mol. The fourth-order valence-electron chi connectivity index (χ4n) is 5.36. The Hall–Kier alpha value is -2.41. The molecule has 0 spiro atoms. The van der Waals surface area contributed by atoms with Crippen molar-refractivity contribution < 1.29 is 9.72 Å². The fraction of sp³-hybridized carbons (Fsp3) is 0.560. The lowest BCUT2D eigenvalue weighted by atomic mass is 9.77. The lowest BCUT2D eigenvalue weighted by molar-refractivity contribution is -0.384. The summed E-state index contributed by atoms with van der Waals surface area (Å²) in [5.41, 5.74) is 1.21. The first-order chi connectivity index (χ1) is 15.6. The van der Waals surface area contributed by atoms with E-state index in [1.165, 1.54) is 30.6 Å². The number of aryl methyl sites for hydroxylation is 1. The number of rotatable bonds is 8. The molecule has 1 saturated carbocycles. The van der Waals surface area contributed by atoms with Crippen molar-refractivity contribution in [2.45, 2.75) is 63.8 Å². The molecule has 1 N–H and O–H groups in total. The number of non-ortho nitro benzene ring substituents is 1. The number of nitrogens with zero attached hydrogens (tertiary/aromatic N) is 2. The van der Waals surface area contributed by atoms with Gasteiger partial charge in [-0.25, -0.2) is 0 Å². The maximum Gasteiger partial charge on any atom is 0.269 e. The standard InChI is InChI=1S/C25H33N3O3S/c29-25(14-13-23-7-4-16-32-23)26-24-8-2-1-6-20(24)17-19-5-3-15-27(18-19)21-9-11-22(12-10-21)28(30)31/h4,7,9-12,16,19-20,24H,1-3,5-6,8,13-15,17-18H2,(H,26,29)/t19-,20+,24-/m1/s1. The number of hydrogen-bond acceptors (Lipinski definition) is 5. The van der Waals surface area contributed by atoms with Gasteiger partial charge in [0.25, 0.3) is 5.69 Å². The van der Waals surface area contributed by atoms with Crippen molar-refractivity contribution in [2.75, 3.05) is 18.0 Å². The van der Waals surface area contributed by atoms with Crippen LogP contribution in [-0.4, -0.2) is 30.0 Å². The molecule has 7 heteroatoms. The van der Waals surface area contributed by atoms with Gasteiger partial charge in [0, 0.05) is 48.2 Å². The summed E-state index contributed by atoms with van der Waals surface area (Å²) < 4.78 is 0. The van der Waals surface area contributed by atoms with Crippen LogP contribution in [0, 0.1) is 22.0 Å². The molecule has 2 aromatic rings. The Kier molecular flexibility index (Phi) is 7.79. The molecule has 0 radical (unpaired) electrons. The highest BCUT2D eigenvalue weighted by Gasteiger charge is 2.30. The van der Waals surface area contributed by atoms with Gasteiger partial charge < -0.3 is 10.2 Å². The Morgan fingerprint density at radius 1 is 1.12 bits per heavy atom. The summed E-state index contributed by atoms with van der Waals surface area (Å²) >= 11 is 1.72. The van der Waals surface area contributed by atoms with Crippen molar-refractivity contribution in [2.24, 2.45) is 11.8 Å². The number of benzene rings is 1. The number of carbonyl (C=O) groups excluding carboxylic acids is 1. The van der Waals surface area contributed by atoms with Crippen molar-refractivity contribution in [3.8, 4) is 0 Å². The van der Waals surface area contributed by atoms with E-state index >= 15 is 0 Å². The summed E-state index contributed by atoms with van der Waals surface area (Å²) in [6, 6.07) is 11.4. The van der Waals surface area contributed by atoms with Crippen molar-refractivity contribution in [3.05, 3.63) is 56.8 Å². The highest BCUT2D eigenvalue weighted by Crippen LogP contribution is 2.34. The topological polar surface area (TPSA) is 75.5 Å². The molecule has 2 aliphatic rings. The molecule has 0 unspecified atom stereocenters. The maximum absolute atomic E-state index is 12.6. The summed E-state index contributed by atoms with van der Waals surface area (Å²) in [5.74, 6) is 1.34. The molecule has 2 fully saturated rings. The number of thiophene rings is 1. The molecule has 4 rings (SSSR count). The molecule has 172 valence electrons.